The van der Waals surface area contributed by atoms with Gasteiger partial charge < -0.3 is 14.6 Å². The van der Waals surface area contributed by atoms with Crippen molar-refractivity contribution in [1.82, 2.24) is 0 Å². The monoisotopic (exact) mass is 259 g/mol. The van der Waals surface area contributed by atoms with Crippen LogP contribution in [0.15, 0.2) is 5.11 Å². The number of rotatable bonds is 6. The van der Waals surface area contributed by atoms with Crippen molar-refractivity contribution in [1.29, 1.82) is 0 Å². The minimum Gasteiger partial charge on any atom is -0.463 e. The Balaban J connectivity index is 4.83. The fourth-order valence-electron chi connectivity index (χ4n) is 1.03. The van der Waals surface area contributed by atoms with Gasteiger partial charge in [0, 0.05) is 4.91 Å². The van der Waals surface area contributed by atoms with E-state index in [0.717, 1.165) is 0 Å². The van der Waals surface area contributed by atoms with Gasteiger partial charge in [0.25, 0.3) is 0 Å². The SMILES string of the molecule is CC(C)OC(=O)[C@@H](O)[C@@H](N=[N+]=[N-])C(=O)OC(C)C. The first kappa shape index (κ1) is 16.2. The van der Waals surface area contributed by atoms with Crippen LogP contribution in [0.4, 0.5) is 0 Å². The van der Waals surface area contributed by atoms with Crippen molar-refractivity contribution in [3.63, 3.8) is 0 Å². The molecule has 0 aliphatic carbocycles. The molecule has 0 amide bonds. The molecule has 0 aliphatic heterocycles. The van der Waals surface area contributed by atoms with Crippen LogP contribution in [0.3, 0.4) is 0 Å². The molecular formula is C10H17N3O5. The van der Waals surface area contributed by atoms with Gasteiger partial charge in [-0.3, -0.25) is 4.79 Å². The van der Waals surface area contributed by atoms with E-state index in [4.69, 9.17) is 15.0 Å². The minimum absolute atomic E-state index is 0.456. The van der Waals surface area contributed by atoms with Gasteiger partial charge in [0.2, 0.25) is 0 Å². The molecule has 0 aliphatic rings. The normalized spacial score (nSPS) is 13.7. The molecule has 0 aromatic carbocycles. The summed E-state index contributed by atoms with van der Waals surface area (Å²) in [5.41, 5.74) is 8.32. The Morgan fingerprint density at radius 3 is 1.94 bits per heavy atom. The summed E-state index contributed by atoms with van der Waals surface area (Å²) in [6, 6.07) is -1.65. The predicted octanol–water partition coefficient (Wildman–Crippen LogP) is 0.929. The molecule has 0 heterocycles. The Bertz CT molecular complexity index is 349. The number of carbonyl (C=O) groups excluding carboxylic acids is 2. The van der Waals surface area contributed by atoms with Gasteiger partial charge in [-0.1, -0.05) is 5.11 Å². The Kier molecular flexibility index (Phi) is 6.77. The number of azide groups is 1. The molecule has 0 unspecified atom stereocenters. The fraction of sp³-hybridized carbons (Fsp3) is 0.800. The lowest BCUT2D eigenvalue weighted by Gasteiger charge is -2.18. The number of aliphatic hydroxyl groups excluding tert-OH is 1. The zero-order valence-electron chi connectivity index (χ0n) is 10.7. The van der Waals surface area contributed by atoms with Crippen molar-refractivity contribution in [2.75, 3.05) is 0 Å². The second-order valence-electron chi connectivity index (χ2n) is 4.07. The number of hydrogen-bond donors (Lipinski definition) is 1. The summed E-state index contributed by atoms with van der Waals surface area (Å²) in [7, 11) is 0. The van der Waals surface area contributed by atoms with E-state index in [-0.39, 0.29) is 0 Å². The summed E-state index contributed by atoms with van der Waals surface area (Å²) in [4.78, 5) is 25.3. The van der Waals surface area contributed by atoms with Gasteiger partial charge in [0.05, 0.1) is 12.2 Å². The van der Waals surface area contributed by atoms with Crippen LogP contribution in [-0.4, -0.2) is 41.4 Å². The molecule has 0 aromatic rings. The number of esters is 2. The molecule has 0 aromatic heterocycles. The van der Waals surface area contributed by atoms with Gasteiger partial charge in [-0.15, -0.1) is 0 Å². The van der Waals surface area contributed by atoms with E-state index in [1.54, 1.807) is 27.7 Å². The molecule has 0 saturated heterocycles. The van der Waals surface area contributed by atoms with Gasteiger partial charge in [0.15, 0.2) is 12.1 Å². The Morgan fingerprint density at radius 1 is 1.11 bits per heavy atom. The standard InChI is InChI=1S/C10H17N3O5/c1-5(2)17-9(15)7(12-13-11)8(14)10(16)18-6(3)4/h5-8,14H,1-4H3/t7-,8+/m1/s1. The van der Waals surface area contributed by atoms with E-state index in [1.807, 2.05) is 0 Å². The number of ether oxygens (including phenoxy) is 2. The lowest BCUT2D eigenvalue weighted by atomic mass is 10.1. The summed E-state index contributed by atoms with van der Waals surface area (Å²) in [6.07, 6.45) is -2.79. The van der Waals surface area contributed by atoms with Crippen LogP contribution in [0.1, 0.15) is 27.7 Å². The van der Waals surface area contributed by atoms with Crippen LogP contribution in [-0.2, 0) is 19.1 Å². The minimum atomic E-state index is -1.88. The summed E-state index contributed by atoms with van der Waals surface area (Å²) in [6.45, 7) is 6.34. The average Bonchev–Trinajstić information content (AvgIpc) is 2.22. The molecule has 0 bridgehead atoms. The Morgan fingerprint density at radius 2 is 1.56 bits per heavy atom. The smallest absolute Gasteiger partial charge is 0.336 e. The Labute approximate surface area is 105 Å². The third-order valence-electron chi connectivity index (χ3n) is 1.66. The van der Waals surface area contributed by atoms with Crippen molar-refractivity contribution in [3.05, 3.63) is 10.4 Å². The zero-order chi connectivity index (χ0) is 14.3. The molecule has 18 heavy (non-hydrogen) atoms. The highest BCUT2D eigenvalue weighted by Crippen LogP contribution is 2.08. The number of carbonyl (C=O) groups is 2. The van der Waals surface area contributed by atoms with Gasteiger partial charge in [-0.25, -0.2) is 4.79 Å². The van der Waals surface area contributed by atoms with Crippen molar-refractivity contribution in [3.8, 4) is 0 Å². The van der Waals surface area contributed by atoms with E-state index in [1.165, 1.54) is 0 Å². The van der Waals surface area contributed by atoms with Crippen molar-refractivity contribution in [2.45, 2.75) is 52.0 Å². The maximum Gasteiger partial charge on any atom is 0.336 e. The van der Waals surface area contributed by atoms with Crippen molar-refractivity contribution >= 4 is 11.9 Å². The van der Waals surface area contributed by atoms with Crippen LogP contribution in [0.5, 0.6) is 0 Å². The molecule has 8 heteroatoms. The summed E-state index contributed by atoms with van der Waals surface area (Å²) in [5, 5.41) is 12.7. The van der Waals surface area contributed by atoms with E-state index in [2.05, 4.69) is 10.0 Å². The third kappa shape index (κ3) is 5.51. The van der Waals surface area contributed by atoms with Crippen molar-refractivity contribution < 1.29 is 24.2 Å². The quantitative estimate of drug-likeness (QED) is 0.329. The highest BCUT2D eigenvalue weighted by atomic mass is 16.6. The third-order valence-corrected chi connectivity index (χ3v) is 1.66. The Hall–Kier alpha value is -1.79. The average molecular weight is 259 g/mol. The zero-order valence-corrected chi connectivity index (χ0v) is 10.7. The summed E-state index contributed by atoms with van der Waals surface area (Å²) < 4.78 is 9.48. The first-order valence-corrected chi connectivity index (χ1v) is 5.42. The van der Waals surface area contributed by atoms with E-state index in [0.29, 0.717) is 0 Å². The van der Waals surface area contributed by atoms with Crippen LogP contribution in [0, 0.1) is 0 Å². The second-order valence-corrected chi connectivity index (χ2v) is 4.07. The van der Waals surface area contributed by atoms with E-state index >= 15 is 0 Å². The predicted molar refractivity (Wildman–Crippen MR) is 61.4 cm³/mol. The molecular weight excluding hydrogens is 242 g/mol. The fourth-order valence-corrected chi connectivity index (χ4v) is 1.03. The van der Waals surface area contributed by atoms with E-state index < -0.39 is 36.3 Å². The summed E-state index contributed by atoms with van der Waals surface area (Å²) >= 11 is 0. The van der Waals surface area contributed by atoms with Gasteiger partial charge in [0.1, 0.15) is 0 Å². The summed E-state index contributed by atoms with van der Waals surface area (Å²) in [5.74, 6) is -2.01. The maximum absolute atomic E-state index is 11.5. The molecule has 0 radical (unpaired) electrons. The van der Waals surface area contributed by atoms with Gasteiger partial charge in [-0.2, -0.15) is 0 Å². The van der Waals surface area contributed by atoms with E-state index in [9.17, 15) is 14.7 Å². The highest BCUT2D eigenvalue weighted by molar-refractivity contribution is 5.86. The molecule has 8 nitrogen and oxygen atoms in total. The molecule has 0 fully saturated rings. The first-order chi connectivity index (χ1) is 8.29. The molecule has 1 N–H and O–H groups in total. The van der Waals surface area contributed by atoms with Gasteiger partial charge in [-0.05, 0) is 33.2 Å². The first-order valence-electron chi connectivity index (χ1n) is 5.42. The molecule has 2 atom stereocenters. The molecule has 0 spiro atoms. The lowest BCUT2D eigenvalue weighted by molar-refractivity contribution is -0.166. The van der Waals surface area contributed by atoms with Crippen LogP contribution in [0.2, 0.25) is 0 Å². The molecule has 102 valence electrons. The lowest BCUT2D eigenvalue weighted by Crippen LogP contribution is -2.41. The number of hydrogen-bond acceptors (Lipinski definition) is 6. The topological polar surface area (TPSA) is 122 Å². The van der Waals surface area contributed by atoms with Gasteiger partial charge >= 0.3 is 11.9 Å². The second kappa shape index (κ2) is 7.52. The largest absolute Gasteiger partial charge is 0.463 e. The highest BCUT2D eigenvalue weighted by Gasteiger charge is 2.34. The van der Waals surface area contributed by atoms with Crippen LogP contribution < -0.4 is 0 Å². The van der Waals surface area contributed by atoms with Crippen LogP contribution >= 0.6 is 0 Å². The maximum atomic E-state index is 11.5. The molecule has 0 rings (SSSR count). The van der Waals surface area contributed by atoms with Crippen LogP contribution in [0.25, 0.3) is 10.4 Å². The van der Waals surface area contributed by atoms with Crippen molar-refractivity contribution in [2.24, 2.45) is 5.11 Å². The number of aliphatic hydroxyl groups is 1. The molecule has 0 saturated carbocycles. The number of nitrogens with zero attached hydrogens (tertiary/aromatic N) is 3.